The van der Waals surface area contributed by atoms with Crippen molar-refractivity contribution >= 4 is 29.1 Å². The lowest BCUT2D eigenvalue weighted by molar-refractivity contribution is 0.0947. The molecular formula is C18H21ClN4O2. The van der Waals surface area contributed by atoms with Gasteiger partial charge in [0.1, 0.15) is 5.69 Å². The molecule has 1 aromatic carbocycles. The highest BCUT2D eigenvalue weighted by molar-refractivity contribution is 6.30. The van der Waals surface area contributed by atoms with E-state index in [9.17, 15) is 9.59 Å². The van der Waals surface area contributed by atoms with Gasteiger partial charge in [-0.3, -0.25) is 9.59 Å². The Bertz CT molecular complexity index is 800. The minimum Gasteiger partial charge on any atom is -0.351 e. The quantitative estimate of drug-likeness (QED) is 0.859. The maximum Gasteiger partial charge on any atom is 0.291 e. The summed E-state index contributed by atoms with van der Waals surface area (Å²) in [7, 11) is 0. The van der Waals surface area contributed by atoms with Crippen LogP contribution in [0.4, 0.5) is 5.69 Å². The molecule has 1 aliphatic heterocycles. The van der Waals surface area contributed by atoms with E-state index < -0.39 is 0 Å². The van der Waals surface area contributed by atoms with Gasteiger partial charge in [-0.05, 0) is 43.9 Å². The van der Waals surface area contributed by atoms with E-state index in [1.54, 1.807) is 24.3 Å². The highest BCUT2D eigenvalue weighted by Gasteiger charge is 2.27. The molecule has 0 saturated carbocycles. The number of imidazole rings is 1. The summed E-state index contributed by atoms with van der Waals surface area (Å²) in [5.41, 5.74) is 1.81. The lowest BCUT2D eigenvalue weighted by atomic mass is 10.1. The van der Waals surface area contributed by atoms with E-state index in [0.29, 0.717) is 29.5 Å². The predicted octanol–water partition coefficient (Wildman–Crippen LogP) is 3.26. The smallest absolute Gasteiger partial charge is 0.291 e. The molecule has 0 spiro atoms. The van der Waals surface area contributed by atoms with Crippen molar-refractivity contribution in [3.63, 3.8) is 0 Å². The van der Waals surface area contributed by atoms with E-state index in [-0.39, 0.29) is 17.6 Å². The molecule has 2 N–H and O–H groups in total. The van der Waals surface area contributed by atoms with Crippen LogP contribution >= 0.6 is 11.6 Å². The summed E-state index contributed by atoms with van der Waals surface area (Å²) in [6.45, 7) is 3.28. The molecule has 7 heteroatoms. The number of nitrogens with zero attached hydrogens (tertiary/aromatic N) is 2. The molecule has 0 aliphatic carbocycles. The minimum atomic E-state index is -0.333. The molecule has 1 aromatic heterocycles. The first-order valence-corrected chi connectivity index (χ1v) is 8.92. The third-order valence-corrected chi connectivity index (χ3v) is 4.39. The first kappa shape index (κ1) is 17.5. The minimum absolute atomic E-state index is 0.214. The molecular weight excluding hydrogens is 340 g/mol. The van der Waals surface area contributed by atoms with E-state index in [1.165, 1.54) is 0 Å². The SMILES string of the molecule is CCCNC(=O)c1nc(C(=O)Nc2cccc(Cl)c2)n2c1CCCC2. The fraction of sp³-hybridized carbons (Fsp3) is 0.389. The molecule has 2 aromatic rings. The van der Waals surface area contributed by atoms with Gasteiger partial charge in [-0.1, -0.05) is 24.6 Å². The van der Waals surface area contributed by atoms with Crippen LogP contribution in [0.15, 0.2) is 24.3 Å². The summed E-state index contributed by atoms with van der Waals surface area (Å²) >= 11 is 5.96. The topological polar surface area (TPSA) is 76.0 Å². The van der Waals surface area contributed by atoms with Crippen LogP contribution in [-0.4, -0.2) is 27.9 Å². The second kappa shape index (κ2) is 7.70. The summed E-state index contributed by atoms with van der Waals surface area (Å²) < 4.78 is 1.87. The Hall–Kier alpha value is -2.34. The van der Waals surface area contributed by atoms with Gasteiger partial charge in [0.15, 0.2) is 5.82 Å². The van der Waals surface area contributed by atoms with Crippen LogP contribution in [0.2, 0.25) is 5.02 Å². The second-order valence-electron chi connectivity index (χ2n) is 6.06. The lowest BCUT2D eigenvalue weighted by Crippen LogP contribution is -2.26. The number of halogens is 1. The van der Waals surface area contributed by atoms with Gasteiger partial charge in [0.05, 0.1) is 5.69 Å². The third kappa shape index (κ3) is 3.85. The molecule has 0 bridgehead atoms. The van der Waals surface area contributed by atoms with Gasteiger partial charge < -0.3 is 15.2 Å². The highest BCUT2D eigenvalue weighted by atomic mass is 35.5. The molecule has 1 aliphatic rings. The number of fused-ring (bicyclic) bond motifs is 1. The van der Waals surface area contributed by atoms with Gasteiger partial charge in [-0.25, -0.2) is 4.98 Å². The number of carbonyl (C=O) groups is 2. The van der Waals surface area contributed by atoms with Crippen molar-refractivity contribution in [2.75, 3.05) is 11.9 Å². The number of amides is 2. The van der Waals surface area contributed by atoms with Gasteiger partial charge in [0.2, 0.25) is 0 Å². The number of hydrogen-bond acceptors (Lipinski definition) is 3. The summed E-state index contributed by atoms with van der Waals surface area (Å²) in [5, 5.41) is 6.19. The Morgan fingerprint density at radius 2 is 2.12 bits per heavy atom. The molecule has 2 amide bonds. The first-order chi connectivity index (χ1) is 12.1. The van der Waals surface area contributed by atoms with E-state index in [1.807, 2.05) is 11.5 Å². The van der Waals surface area contributed by atoms with Crippen molar-refractivity contribution in [1.82, 2.24) is 14.9 Å². The first-order valence-electron chi connectivity index (χ1n) is 8.54. The van der Waals surface area contributed by atoms with Crippen LogP contribution in [0.5, 0.6) is 0 Å². The Labute approximate surface area is 151 Å². The Balaban J connectivity index is 1.89. The van der Waals surface area contributed by atoms with Gasteiger partial charge in [0.25, 0.3) is 11.8 Å². The molecule has 3 rings (SSSR count). The maximum absolute atomic E-state index is 12.7. The van der Waals surface area contributed by atoms with E-state index in [2.05, 4.69) is 15.6 Å². The van der Waals surface area contributed by atoms with E-state index in [4.69, 9.17) is 11.6 Å². The van der Waals surface area contributed by atoms with Gasteiger partial charge in [0, 0.05) is 23.8 Å². The van der Waals surface area contributed by atoms with Crippen molar-refractivity contribution in [2.24, 2.45) is 0 Å². The summed E-state index contributed by atoms with van der Waals surface area (Å²) in [5.74, 6) is -0.273. The average Bonchev–Trinajstić information content (AvgIpc) is 2.99. The number of aromatic nitrogens is 2. The molecule has 0 saturated heterocycles. The fourth-order valence-corrected chi connectivity index (χ4v) is 3.16. The number of carbonyl (C=O) groups excluding carboxylic acids is 2. The monoisotopic (exact) mass is 360 g/mol. The van der Waals surface area contributed by atoms with Crippen LogP contribution in [0.25, 0.3) is 0 Å². The van der Waals surface area contributed by atoms with Crippen molar-refractivity contribution in [2.45, 2.75) is 39.2 Å². The maximum atomic E-state index is 12.7. The van der Waals surface area contributed by atoms with Crippen molar-refractivity contribution < 1.29 is 9.59 Å². The third-order valence-electron chi connectivity index (χ3n) is 4.15. The van der Waals surface area contributed by atoms with Crippen LogP contribution < -0.4 is 10.6 Å². The number of rotatable bonds is 5. The number of benzene rings is 1. The van der Waals surface area contributed by atoms with Crippen LogP contribution in [0, 0.1) is 0 Å². The van der Waals surface area contributed by atoms with Crippen molar-refractivity contribution in [3.05, 3.63) is 46.5 Å². The molecule has 6 nitrogen and oxygen atoms in total. The summed E-state index contributed by atoms with van der Waals surface area (Å²) in [6.07, 6.45) is 3.57. The molecule has 0 radical (unpaired) electrons. The van der Waals surface area contributed by atoms with E-state index in [0.717, 1.165) is 31.4 Å². The van der Waals surface area contributed by atoms with Crippen LogP contribution in [0.3, 0.4) is 0 Å². The largest absolute Gasteiger partial charge is 0.351 e. The molecule has 25 heavy (non-hydrogen) atoms. The Kier molecular flexibility index (Phi) is 5.38. The Morgan fingerprint density at radius 1 is 1.28 bits per heavy atom. The van der Waals surface area contributed by atoms with Gasteiger partial charge >= 0.3 is 0 Å². The zero-order chi connectivity index (χ0) is 17.8. The molecule has 132 valence electrons. The molecule has 0 atom stereocenters. The second-order valence-corrected chi connectivity index (χ2v) is 6.50. The highest BCUT2D eigenvalue weighted by Crippen LogP contribution is 2.22. The normalized spacial score (nSPS) is 13.2. The number of nitrogens with one attached hydrogen (secondary N) is 2. The molecule has 0 fully saturated rings. The number of anilines is 1. The van der Waals surface area contributed by atoms with Crippen molar-refractivity contribution in [3.8, 4) is 0 Å². The van der Waals surface area contributed by atoms with Gasteiger partial charge in [-0.15, -0.1) is 0 Å². The summed E-state index contributed by atoms with van der Waals surface area (Å²) in [4.78, 5) is 29.4. The van der Waals surface area contributed by atoms with Crippen molar-refractivity contribution in [1.29, 1.82) is 0 Å². The van der Waals surface area contributed by atoms with Crippen LogP contribution in [0.1, 0.15) is 53.0 Å². The zero-order valence-corrected chi connectivity index (χ0v) is 14.9. The molecule has 0 unspecified atom stereocenters. The van der Waals surface area contributed by atoms with Crippen LogP contribution in [-0.2, 0) is 13.0 Å². The average molecular weight is 361 g/mol. The van der Waals surface area contributed by atoms with E-state index >= 15 is 0 Å². The predicted molar refractivity (Wildman–Crippen MR) is 97.2 cm³/mol. The standard InChI is InChI=1S/C18H21ClN4O2/c1-2-9-20-17(24)15-14-8-3-4-10-23(14)16(22-15)18(25)21-13-7-5-6-12(19)11-13/h5-7,11H,2-4,8-10H2,1H3,(H,20,24)(H,21,25). The number of hydrogen-bond donors (Lipinski definition) is 2. The Morgan fingerprint density at radius 3 is 2.88 bits per heavy atom. The zero-order valence-electron chi connectivity index (χ0n) is 14.1. The van der Waals surface area contributed by atoms with Gasteiger partial charge in [-0.2, -0.15) is 0 Å². The fourth-order valence-electron chi connectivity index (χ4n) is 2.97. The summed E-state index contributed by atoms with van der Waals surface area (Å²) in [6, 6.07) is 6.94. The molecule has 2 heterocycles. The lowest BCUT2D eigenvalue weighted by Gasteiger charge is -2.17.